The lowest BCUT2D eigenvalue weighted by Gasteiger charge is -2.25. The molecule has 4 heteroatoms. The molecule has 1 saturated heterocycles. The molecule has 1 aliphatic carbocycles. The minimum absolute atomic E-state index is 0.732. The summed E-state index contributed by atoms with van der Waals surface area (Å²) in [5.41, 5.74) is 1.06. The van der Waals surface area contributed by atoms with E-state index in [1.54, 1.807) is 0 Å². The molecule has 1 aromatic rings. The van der Waals surface area contributed by atoms with Crippen LogP contribution < -0.4 is 10.2 Å². The van der Waals surface area contributed by atoms with E-state index in [0.29, 0.717) is 0 Å². The fraction of sp³-hybridized carbons (Fsp3) is 0.733. The molecule has 2 heterocycles. The van der Waals surface area contributed by atoms with Gasteiger partial charge in [0.05, 0.1) is 5.69 Å². The van der Waals surface area contributed by atoms with Crippen molar-refractivity contribution in [2.75, 3.05) is 18.0 Å². The lowest BCUT2D eigenvalue weighted by Crippen LogP contribution is -2.28. The molecule has 1 aromatic heterocycles. The van der Waals surface area contributed by atoms with Crippen molar-refractivity contribution >= 4 is 5.82 Å². The average molecular weight is 260 g/mol. The summed E-state index contributed by atoms with van der Waals surface area (Å²) in [6.45, 7) is 3.13. The van der Waals surface area contributed by atoms with Crippen molar-refractivity contribution in [3.63, 3.8) is 0 Å². The highest BCUT2D eigenvalue weighted by molar-refractivity contribution is 5.37. The quantitative estimate of drug-likeness (QED) is 0.903. The van der Waals surface area contributed by atoms with Gasteiger partial charge in [0.1, 0.15) is 0 Å². The summed E-state index contributed by atoms with van der Waals surface area (Å²) in [6, 6.07) is 4.99. The minimum atomic E-state index is 0.732. The highest BCUT2D eigenvalue weighted by Crippen LogP contribution is 2.19. The molecule has 0 atom stereocenters. The predicted octanol–water partition coefficient (Wildman–Crippen LogP) is 2.50. The zero-order valence-corrected chi connectivity index (χ0v) is 11.6. The van der Waals surface area contributed by atoms with E-state index in [2.05, 4.69) is 32.5 Å². The fourth-order valence-corrected chi connectivity index (χ4v) is 2.63. The lowest BCUT2D eigenvalue weighted by molar-refractivity contribution is 0.551. The molecule has 1 saturated carbocycles. The summed E-state index contributed by atoms with van der Waals surface area (Å²) in [5, 5.41) is 12.2. The van der Waals surface area contributed by atoms with Crippen LogP contribution in [0.5, 0.6) is 0 Å². The van der Waals surface area contributed by atoms with Gasteiger partial charge in [0.15, 0.2) is 5.82 Å². The highest BCUT2D eigenvalue weighted by atomic mass is 15.3. The van der Waals surface area contributed by atoms with Gasteiger partial charge in [0.2, 0.25) is 0 Å². The van der Waals surface area contributed by atoms with Crippen molar-refractivity contribution < 1.29 is 0 Å². The lowest BCUT2D eigenvalue weighted by atomic mass is 10.1. The van der Waals surface area contributed by atoms with E-state index in [9.17, 15) is 0 Å². The van der Waals surface area contributed by atoms with Crippen LogP contribution in [0, 0.1) is 0 Å². The molecule has 0 spiro atoms. The van der Waals surface area contributed by atoms with Crippen LogP contribution in [0.1, 0.15) is 50.6 Å². The van der Waals surface area contributed by atoms with Crippen molar-refractivity contribution in [3.8, 4) is 0 Å². The number of anilines is 1. The molecule has 4 nitrogen and oxygen atoms in total. The van der Waals surface area contributed by atoms with Gasteiger partial charge in [-0.15, -0.1) is 5.10 Å². The molecule has 0 bridgehead atoms. The van der Waals surface area contributed by atoms with Gasteiger partial charge in [0.25, 0.3) is 0 Å². The molecule has 19 heavy (non-hydrogen) atoms. The first-order valence-electron chi connectivity index (χ1n) is 7.73. The number of rotatable bonds is 4. The Morgan fingerprint density at radius 2 is 1.74 bits per heavy atom. The smallest absolute Gasteiger partial charge is 0.151 e. The van der Waals surface area contributed by atoms with Crippen LogP contribution >= 0.6 is 0 Å². The fourth-order valence-electron chi connectivity index (χ4n) is 2.63. The van der Waals surface area contributed by atoms with E-state index >= 15 is 0 Å². The molecule has 0 radical (unpaired) electrons. The van der Waals surface area contributed by atoms with E-state index in [4.69, 9.17) is 0 Å². The number of nitrogens with zero attached hydrogens (tertiary/aromatic N) is 3. The Bertz CT molecular complexity index is 378. The van der Waals surface area contributed by atoms with Gasteiger partial charge in [-0.3, -0.25) is 0 Å². The Kier molecular flexibility index (Phi) is 4.28. The van der Waals surface area contributed by atoms with Crippen molar-refractivity contribution in [1.82, 2.24) is 15.5 Å². The van der Waals surface area contributed by atoms with E-state index in [1.165, 1.54) is 44.9 Å². The van der Waals surface area contributed by atoms with Crippen LogP contribution in [0.25, 0.3) is 0 Å². The first-order valence-corrected chi connectivity index (χ1v) is 7.73. The predicted molar refractivity (Wildman–Crippen MR) is 77.2 cm³/mol. The summed E-state index contributed by atoms with van der Waals surface area (Å²) in [7, 11) is 0. The van der Waals surface area contributed by atoms with Crippen molar-refractivity contribution in [2.45, 2.75) is 57.5 Å². The van der Waals surface area contributed by atoms with Crippen LogP contribution in [0.3, 0.4) is 0 Å². The zero-order chi connectivity index (χ0) is 12.9. The summed E-state index contributed by atoms with van der Waals surface area (Å²) in [6.07, 6.45) is 9.31. The zero-order valence-electron chi connectivity index (χ0n) is 11.6. The number of aromatic nitrogens is 2. The van der Waals surface area contributed by atoms with Crippen LogP contribution in [-0.2, 0) is 6.54 Å². The molecular formula is C15H24N4. The summed E-state index contributed by atoms with van der Waals surface area (Å²) < 4.78 is 0. The van der Waals surface area contributed by atoms with E-state index in [0.717, 1.165) is 37.2 Å². The Labute approximate surface area is 115 Å². The van der Waals surface area contributed by atoms with Crippen LogP contribution in [0.2, 0.25) is 0 Å². The van der Waals surface area contributed by atoms with Gasteiger partial charge in [-0.1, -0.05) is 19.3 Å². The summed E-state index contributed by atoms with van der Waals surface area (Å²) in [5.74, 6) is 1.05. The first kappa shape index (κ1) is 12.9. The van der Waals surface area contributed by atoms with E-state index in [-0.39, 0.29) is 0 Å². The Morgan fingerprint density at radius 1 is 1.00 bits per heavy atom. The first-order chi connectivity index (χ1) is 9.42. The molecule has 2 fully saturated rings. The molecule has 0 unspecified atom stereocenters. The maximum absolute atomic E-state index is 4.41. The maximum atomic E-state index is 4.41. The van der Waals surface area contributed by atoms with E-state index in [1.807, 2.05) is 0 Å². The number of hydrogen-bond acceptors (Lipinski definition) is 4. The molecule has 2 aliphatic rings. The van der Waals surface area contributed by atoms with E-state index < -0.39 is 0 Å². The third kappa shape index (κ3) is 3.90. The maximum Gasteiger partial charge on any atom is 0.151 e. The van der Waals surface area contributed by atoms with Gasteiger partial charge in [-0.05, 0) is 37.8 Å². The normalized spacial score (nSPS) is 20.9. The second kappa shape index (κ2) is 6.33. The van der Waals surface area contributed by atoms with Crippen molar-refractivity contribution in [2.24, 2.45) is 0 Å². The van der Waals surface area contributed by atoms with Crippen LogP contribution in [0.15, 0.2) is 12.1 Å². The third-order valence-electron chi connectivity index (χ3n) is 4.03. The molecule has 3 rings (SSSR count). The van der Waals surface area contributed by atoms with Gasteiger partial charge in [0, 0.05) is 25.7 Å². The standard InChI is InChI=1S/C15H24N4/c1-2-4-10-19(11-5-3-1)15-9-8-14(17-18-15)12-16-13-6-7-13/h8-9,13,16H,1-7,10-12H2. The average Bonchev–Trinajstić information content (AvgIpc) is 3.21. The minimum Gasteiger partial charge on any atom is -0.355 e. The van der Waals surface area contributed by atoms with Crippen molar-refractivity contribution in [1.29, 1.82) is 0 Å². The molecule has 1 aliphatic heterocycles. The Hall–Kier alpha value is -1.16. The van der Waals surface area contributed by atoms with Crippen LogP contribution in [0.4, 0.5) is 5.82 Å². The summed E-state index contributed by atoms with van der Waals surface area (Å²) in [4.78, 5) is 2.39. The number of nitrogens with one attached hydrogen (secondary N) is 1. The monoisotopic (exact) mass is 260 g/mol. The van der Waals surface area contributed by atoms with Gasteiger partial charge in [-0.2, -0.15) is 5.10 Å². The molecule has 0 amide bonds. The van der Waals surface area contributed by atoms with Gasteiger partial charge < -0.3 is 10.2 Å². The second-order valence-electron chi connectivity index (χ2n) is 5.79. The Morgan fingerprint density at radius 3 is 2.37 bits per heavy atom. The Balaban J connectivity index is 1.56. The third-order valence-corrected chi connectivity index (χ3v) is 4.03. The van der Waals surface area contributed by atoms with Crippen molar-refractivity contribution in [3.05, 3.63) is 17.8 Å². The summed E-state index contributed by atoms with van der Waals surface area (Å²) >= 11 is 0. The number of hydrogen-bond donors (Lipinski definition) is 1. The molecule has 104 valence electrons. The topological polar surface area (TPSA) is 41.1 Å². The molecule has 1 N–H and O–H groups in total. The van der Waals surface area contributed by atoms with Gasteiger partial charge in [-0.25, -0.2) is 0 Å². The second-order valence-corrected chi connectivity index (χ2v) is 5.79. The van der Waals surface area contributed by atoms with Crippen LogP contribution in [-0.4, -0.2) is 29.3 Å². The SMILES string of the molecule is c1cc(N2CCCCCCC2)nnc1CNC1CC1. The largest absolute Gasteiger partial charge is 0.355 e. The van der Waals surface area contributed by atoms with Gasteiger partial charge >= 0.3 is 0 Å². The highest BCUT2D eigenvalue weighted by Gasteiger charge is 2.20. The molecular weight excluding hydrogens is 236 g/mol. The molecule has 0 aromatic carbocycles.